The van der Waals surface area contributed by atoms with E-state index in [1.165, 1.54) is 17.8 Å². The Morgan fingerprint density at radius 2 is 1.60 bits per heavy atom. The first-order valence-corrected chi connectivity index (χ1v) is 13.9. The van der Waals surface area contributed by atoms with Gasteiger partial charge in [-0.3, -0.25) is 14.1 Å². The third kappa shape index (κ3) is 6.97. The lowest BCUT2D eigenvalue weighted by molar-refractivity contribution is -0.164. The minimum Gasteiger partial charge on any atom is -0.437 e. The van der Waals surface area contributed by atoms with Gasteiger partial charge in [0.25, 0.3) is 0 Å². The number of phosphoric acid groups is 1. The smallest absolute Gasteiger partial charge is 0.437 e. The molecule has 224 valence electrons. The Kier molecular flexibility index (Phi) is 9.31. The quantitative estimate of drug-likeness (QED) is 0.206. The number of hydrogen-bond donors (Lipinski definition) is 3. The average molecular weight is 589 g/mol. The maximum Gasteiger partial charge on any atom is 0.480 e. The number of nitrogens with two attached hydrogens (primary N) is 1. The third-order valence-electron chi connectivity index (χ3n) is 6.08. The van der Waals surface area contributed by atoms with Gasteiger partial charge in [0, 0.05) is 0 Å². The Balaban J connectivity index is 1.73. The molecule has 1 fully saturated rings. The number of carbonyl (C=O) groups excluding carboxylic acids is 2. The number of carbonyl (C=O) groups is 2. The molecule has 15 nitrogen and oxygen atoms in total. The largest absolute Gasteiger partial charge is 0.480 e. The summed E-state index contributed by atoms with van der Waals surface area (Å²) in [6, 6.07) is 3.25. The van der Waals surface area contributed by atoms with Crippen LogP contribution in [0.5, 0.6) is 0 Å². The highest BCUT2D eigenvalue weighted by atomic mass is 31.2. The number of anilines is 1. The number of esters is 2. The number of ether oxygens (including phenoxy) is 3. The zero-order chi connectivity index (χ0) is 30.1. The molecule has 2 aromatic rings. The van der Waals surface area contributed by atoms with Crippen LogP contribution in [0.15, 0.2) is 18.5 Å². The van der Waals surface area contributed by atoms with Crippen molar-refractivity contribution in [3.8, 4) is 0 Å². The summed E-state index contributed by atoms with van der Waals surface area (Å²) in [7, 11) is -4.55. The summed E-state index contributed by atoms with van der Waals surface area (Å²) in [5.41, 5.74) is 3.51. The van der Waals surface area contributed by atoms with Crippen LogP contribution in [0.3, 0.4) is 0 Å². The van der Waals surface area contributed by atoms with E-state index in [1.807, 2.05) is 0 Å². The summed E-state index contributed by atoms with van der Waals surface area (Å²) >= 11 is 0. The van der Waals surface area contributed by atoms with Gasteiger partial charge >= 0.3 is 19.8 Å². The van der Waals surface area contributed by atoms with Crippen molar-refractivity contribution in [3.63, 3.8) is 0 Å². The molecule has 1 saturated heterocycles. The third-order valence-corrected chi connectivity index (χ3v) is 7.39. The molecule has 4 atom stereocenters. The first kappa shape index (κ1) is 31.9. The molecule has 0 radical (unpaired) electrons. The van der Waals surface area contributed by atoms with Crippen LogP contribution in [0.2, 0.25) is 0 Å². The second-order valence-electron chi connectivity index (χ2n) is 11.5. The summed E-state index contributed by atoms with van der Waals surface area (Å²) in [6.45, 7) is 9.03. The van der Waals surface area contributed by atoms with E-state index in [0.717, 1.165) is 0 Å². The van der Waals surface area contributed by atoms with Gasteiger partial charge in [0.2, 0.25) is 13.6 Å². The van der Waals surface area contributed by atoms with Gasteiger partial charge in [0.1, 0.15) is 35.8 Å². The second kappa shape index (κ2) is 11.7. The zero-order valence-corrected chi connectivity index (χ0v) is 24.4. The lowest BCUT2D eigenvalue weighted by Crippen LogP contribution is -2.39. The van der Waals surface area contributed by atoms with Crippen molar-refractivity contribution in [2.75, 3.05) is 25.9 Å². The van der Waals surface area contributed by atoms with E-state index < -0.39 is 74.7 Å². The fourth-order valence-corrected chi connectivity index (χ4v) is 4.57. The van der Waals surface area contributed by atoms with Crippen molar-refractivity contribution in [1.29, 1.82) is 0 Å². The van der Waals surface area contributed by atoms with Crippen LogP contribution < -0.4 is 5.73 Å². The fraction of sp³-hybridized carbons (Fsp3) is 0.667. The van der Waals surface area contributed by atoms with Crippen molar-refractivity contribution in [1.82, 2.24) is 14.6 Å². The van der Waals surface area contributed by atoms with Crippen molar-refractivity contribution in [2.45, 2.75) is 72.4 Å². The van der Waals surface area contributed by atoms with Crippen LogP contribution in [-0.2, 0) is 47.5 Å². The van der Waals surface area contributed by atoms with Gasteiger partial charge in [0.05, 0.1) is 23.1 Å². The van der Waals surface area contributed by atoms with Gasteiger partial charge in [0.15, 0.2) is 5.82 Å². The molecule has 0 unspecified atom stereocenters. The first-order valence-electron chi connectivity index (χ1n) is 12.4. The second-order valence-corrected chi connectivity index (χ2v) is 13.1. The normalized spacial score (nSPS) is 23.9. The van der Waals surface area contributed by atoms with Gasteiger partial charge in [-0.2, -0.15) is 5.10 Å². The van der Waals surface area contributed by atoms with Crippen LogP contribution in [0.1, 0.15) is 54.2 Å². The van der Waals surface area contributed by atoms with Crippen molar-refractivity contribution >= 4 is 31.1 Å². The Labute approximate surface area is 231 Å². The van der Waals surface area contributed by atoms with E-state index in [0.29, 0.717) is 11.2 Å². The van der Waals surface area contributed by atoms with Gasteiger partial charge < -0.3 is 30.2 Å². The number of aromatic nitrogens is 3. The highest BCUT2D eigenvalue weighted by molar-refractivity contribution is 7.48. The molecule has 0 aromatic carbocycles. The highest BCUT2D eigenvalue weighted by Gasteiger charge is 2.54. The molecule has 1 aliphatic heterocycles. The van der Waals surface area contributed by atoms with Crippen LogP contribution in [0.25, 0.3) is 5.52 Å². The predicted octanol–water partition coefficient (Wildman–Crippen LogP) is 1.90. The average Bonchev–Trinajstić information content (AvgIpc) is 3.38. The Bertz CT molecular complexity index is 1240. The van der Waals surface area contributed by atoms with Crippen molar-refractivity contribution in [2.24, 2.45) is 10.8 Å². The lowest BCUT2D eigenvalue weighted by atomic mass is 9.93. The van der Waals surface area contributed by atoms with E-state index in [-0.39, 0.29) is 5.82 Å². The molecule has 0 bridgehead atoms. The van der Waals surface area contributed by atoms with Crippen molar-refractivity contribution in [3.05, 3.63) is 24.2 Å². The lowest BCUT2D eigenvalue weighted by Gasteiger charge is -2.27. The molecular formula is C24H37N4O11P. The molecule has 16 heteroatoms. The summed E-state index contributed by atoms with van der Waals surface area (Å²) in [5, 5.41) is 25.8. The zero-order valence-electron chi connectivity index (χ0n) is 23.5. The molecule has 3 heterocycles. The number of rotatable bonds is 10. The maximum absolute atomic E-state index is 13.3. The Hall–Kier alpha value is -2.65. The van der Waals surface area contributed by atoms with Crippen molar-refractivity contribution < 1.29 is 52.1 Å². The summed E-state index contributed by atoms with van der Waals surface area (Å²) < 4.78 is 46.3. The molecule has 1 aliphatic rings. The van der Waals surface area contributed by atoms with Crippen LogP contribution >= 0.6 is 7.82 Å². The van der Waals surface area contributed by atoms with E-state index in [9.17, 15) is 24.4 Å². The Morgan fingerprint density at radius 3 is 2.12 bits per heavy atom. The van der Waals surface area contributed by atoms with E-state index in [2.05, 4.69) is 10.1 Å². The molecule has 0 amide bonds. The topological polar surface area (TPSA) is 203 Å². The number of nitrogen functional groups attached to an aromatic ring is 1. The van der Waals surface area contributed by atoms with Crippen LogP contribution in [0.4, 0.5) is 5.82 Å². The first-order chi connectivity index (χ1) is 18.4. The predicted molar refractivity (Wildman–Crippen MR) is 138 cm³/mol. The van der Waals surface area contributed by atoms with E-state index in [1.54, 1.807) is 53.7 Å². The standard InChI is InChI=1S/C24H37N4O11P/c1-22(2,3)20(31)34-12-37-40(33,38-13-35-21(32)23(4,5)6)36-10-15-17(29)18(30)24(7,39-15)16-9-8-14-19(25)26-11-27-28(14)16/h8-9,11,15,17-18,29-30H,10,12-13H2,1-7H3,(H2,25,26,27)/t15-,17-,18-,24+/m1/s1. The number of nitrogens with zero attached hydrogens (tertiary/aromatic N) is 3. The molecule has 0 spiro atoms. The molecule has 4 N–H and O–H groups in total. The molecular weight excluding hydrogens is 551 g/mol. The summed E-state index contributed by atoms with van der Waals surface area (Å²) in [6.07, 6.45) is -2.95. The maximum atomic E-state index is 13.3. The van der Waals surface area contributed by atoms with Gasteiger partial charge in [-0.15, -0.1) is 0 Å². The number of phosphoric ester groups is 1. The van der Waals surface area contributed by atoms with E-state index >= 15 is 0 Å². The number of hydrogen-bond acceptors (Lipinski definition) is 14. The summed E-state index contributed by atoms with van der Waals surface area (Å²) in [5.74, 6) is -1.08. The number of fused-ring (bicyclic) bond motifs is 1. The molecule has 0 aliphatic carbocycles. The summed E-state index contributed by atoms with van der Waals surface area (Å²) in [4.78, 5) is 28.1. The molecule has 40 heavy (non-hydrogen) atoms. The van der Waals surface area contributed by atoms with E-state index in [4.69, 9.17) is 33.5 Å². The molecule has 3 rings (SSSR count). The monoisotopic (exact) mass is 588 g/mol. The Morgan fingerprint density at radius 1 is 1.05 bits per heavy atom. The van der Waals surface area contributed by atoms with Crippen LogP contribution in [-0.4, -0.2) is 75.3 Å². The number of aliphatic hydroxyl groups is 2. The fourth-order valence-electron chi connectivity index (χ4n) is 3.65. The van der Waals surface area contributed by atoms with Gasteiger partial charge in [-0.25, -0.2) is 23.1 Å². The van der Waals surface area contributed by atoms with Gasteiger partial charge in [-0.1, -0.05) is 0 Å². The molecule has 2 aromatic heterocycles. The molecule has 0 saturated carbocycles. The number of aliphatic hydroxyl groups excluding tert-OH is 2. The van der Waals surface area contributed by atoms with Crippen LogP contribution in [0, 0.1) is 10.8 Å². The van der Waals surface area contributed by atoms with Gasteiger partial charge in [-0.05, 0) is 60.6 Å². The minimum atomic E-state index is -4.55. The highest BCUT2D eigenvalue weighted by Crippen LogP contribution is 2.51. The minimum absolute atomic E-state index is 0.201. The SMILES string of the molecule is CC(C)(C)C(=O)OCOP(=O)(OCOC(=O)C(C)(C)C)OC[C@H]1O[C@@](C)(c2ccc3c(N)ncnn23)[C@H](O)[C@@H]1O.